The molecule has 1 rings (SSSR count). The summed E-state index contributed by atoms with van der Waals surface area (Å²) in [6, 6.07) is 6.28. The Morgan fingerprint density at radius 2 is 1.41 bits per heavy atom. The van der Waals surface area contributed by atoms with Gasteiger partial charge < -0.3 is 9.84 Å². The van der Waals surface area contributed by atoms with E-state index in [9.17, 15) is 35.8 Å². The van der Waals surface area contributed by atoms with E-state index in [2.05, 4.69) is 4.74 Å². The van der Waals surface area contributed by atoms with Crippen LogP contribution in [0.25, 0.3) is 0 Å². The van der Waals surface area contributed by atoms with Gasteiger partial charge in [-0.15, -0.1) is 0 Å². The first-order valence-corrected chi connectivity index (χ1v) is 8.47. The summed E-state index contributed by atoms with van der Waals surface area (Å²) in [4.78, 5) is 0. The van der Waals surface area contributed by atoms with Gasteiger partial charge in [0.25, 0.3) is 0 Å². The number of hydrogen-bond acceptors (Lipinski definition) is 4. The molecule has 0 aliphatic rings. The molecule has 0 bridgehead atoms. The molecule has 1 aromatic carbocycles. The van der Waals surface area contributed by atoms with E-state index in [1.165, 1.54) is 22.6 Å². The average Bonchev–Trinajstić information content (AvgIpc) is 2.57. The van der Waals surface area contributed by atoms with E-state index in [4.69, 9.17) is 10.5 Å². The first-order chi connectivity index (χ1) is 12.3. The first kappa shape index (κ1) is 23.4. The van der Waals surface area contributed by atoms with E-state index in [0.717, 1.165) is 18.2 Å². The van der Waals surface area contributed by atoms with Gasteiger partial charge in [-0.3, -0.25) is 0 Å². The minimum Gasteiger partial charge on any atom is -0.388 e. The Bertz CT molecular complexity index is 706. The summed E-state index contributed by atoms with van der Waals surface area (Å²) < 4.78 is 95.4. The lowest BCUT2D eigenvalue weighted by atomic mass is 9.89. The average molecular weight is 510 g/mol. The number of rotatable bonds is 6. The molecule has 4 nitrogen and oxygen atoms in total. The molecule has 0 saturated heterocycles. The van der Waals surface area contributed by atoms with Crippen molar-refractivity contribution in [2.24, 2.45) is 0 Å². The van der Waals surface area contributed by atoms with Crippen LogP contribution in [0.15, 0.2) is 18.2 Å². The number of hydrogen-bond donors (Lipinski definition) is 1. The van der Waals surface area contributed by atoms with Gasteiger partial charge in [-0.25, -0.2) is 4.39 Å². The molecule has 27 heavy (non-hydrogen) atoms. The fourth-order valence-corrected chi connectivity index (χ4v) is 2.69. The molecule has 0 fully saturated rings. The summed E-state index contributed by atoms with van der Waals surface area (Å²) in [6.45, 7) is 0. The van der Waals surface area contributed by atoms with Crippen LogP contribution in [-0.4, -0.2) is 33.8 Å². The molecule has 0 aliphatic heterocycles. The third-order valence-corrected chi connectivity index (χ3v) is 3.93. The van der Waals surface area contributed by atoms with Crippen molar-refractivity contribution in [1.82, 2.24) is 0 Å². The van der Waals surface area contributed by atoms with Crippen molar-refractivity contribution in [3.63, 3.8) is 0 Å². The topological polar surface area (TPSA) is 77.0 Å². The number of aliphatic hydroxyl groups excluding tert-OH is 1. The molecule has 0 radical (unpaired) electrons. The number of nitrogens with zero attached hydrogens (tertiary/aromatic N) is 2. The van der Waals surface area contributed by atoms with Gasteiger partial charge in [-0.2, -0.15) is 36.9 Å². The third kappa shape index (κ3) is 5.00. The molecule has 2 unspecified atom stereocenters. The molecular formula is C15H10F7IN2O2. The van der Waals surface area contributed by atoms with Crippen molar-refractivity contribution in [2.75, 3.05) is 4.61 Å². The lowest BCUT2D eigenvalue weighted by Crippen LogP contribution is -2.61. The summed E-state index contributed by atoms with van der Waals surface area (Å²) >= 11 is 1.29. The van der Waals surface area contributed by atoms with Crippen LogP contribution in [0.2, 0.25) is 0 Å². The summed E-state index contributed by atoms with van der Waals surface area (Å²) in [6.07, 6.45) is -19.3. The van der Waals surface area contributed by atoms with Crippen molar-refractivity contribution < 1.29 is 40.6 Å². The smallest absolute Gasteiger partial charge is 0.388 e. The van der Waals surface area contributed by atoms with Gasteiger partial charge in [-0.1, -0.05) is 22.6 Å². The van der Waals surface area contributed by atoms with Crippen molar-refractivity contribution in [3.05, 3.63) is 34.9 Å². The van der Waals surface area contributed by atoms with Gasteiger partial charge in [0.2, 0.25) is 0 Å². The zero-order valence-electron chi connectivity index (χ0n) is 13.1. The maximum atomic E-state index is 14.2. The van der Waals surface area contributed by atoms with Gasteiger partial charge in [0.05, 0.1) is 34.0 Å². The quantitative estimate of drug-likeness (QED) is 0.349. The minimum atomic E-state index is -6.35. The van der Waals surface area contributed by atoms with Gasteiger partial charge in [0.1, 0.15) is 6.10 Å². The molecule has 148 valence electrons. The maximum Gasteiger partial charge on any atom is 0.434 e. The Kier molecular flexibility index (Phi) is 7.44. The number of ether oxygens (including phenoxy) is 1. The highest BCUT2D eigenvalue weighted by molar-refractivity contribution is 14.1. The number of alkyl halides is 8. The second-order valence-corrected chi connectivity index (χ2v) is 5.91. The highest BCUT2D eigenvalue weighted by Gasteiger charge is 2.76. The van der Waals surface area contributed by atoms with Crippen LogP contribution in [0.5, 0.6) is 0 Å². The Morgan fingerprint density at radius 3 is 1.74 bits per heavy atom. The molecule has 0 aliphatic carbocycles. The fourth-order valence-electron chi connectivity index (χ4n) is 2.26. The van der Waals surface area contributed by atoms with Crippen LogP contribution in [0.4, 0.5) is 30.7 Å². The Labute approximate surface area is 162 Å². The molecular weight excluding hydrogens is 500 g/mol. The molecule has 12 heteroatoms. The standard InChI is InChI=1S/C15H10F7IN2O2/c16-13(14(17,18)19,15(20,21)22)12(27-7-23)4-11(26)10-2-8(5-24)1-9(3-10)6-25/h1-3,11-12,26H,4,7H2. The molecule has 0 amide bonds. The van der Waals surface area contributed by atoms with Crippen LogP contribution in [0, 0.1) is 22.7 Å². The highest BCUT2D eigenvalue weighted by Crippen LogP contribution is 2.51. The van der Waals surface area contributed by atoms with E-state index in [1.807, 2.05) is 0 Å². The predicted octanol–water partition coefficient (Wildman–Crippen LogP) is 4.46. The van der Waals surface area contributed by atoms with Crippen molar-refractivity contribution >= 4 is 22.6 Å². The Hall–Kier alpha value is -1.64. The number of halogens is 8. The maximum absolute atomic E-state index is 14.2. The van der Waals surface area contributed by atoms with E-state index in [0.29, 0.717) is 0 Å². The molecule has 1 aromatic rings. The second kappa shape index (κ2) is 8.58. The molecule has 0 saturated carbocycles. The fraction of sp³-hybridized carbons (Fsp3) is 0.467. The summed E-state index contributed by atoms with van der Waals surface area (Å²) in [5, 5.41) is 27.7. The van der Waals surface area contributed by atoms with E-state index in [1.54, 1.807) is 12.1 Å². The normalized spacial score (nSPS) is 14.9. The number of benzene rings is 1. The van der Waals surface area contributed by atoms with Gasteiger partial charge >= 0.3 is 18.0 Å². The molecule has 0 spiro atoms. The third-order valence-electron chi connectivity index (χ3n) is 3.57. The molecule has 2 atom stereocenters. The summed E-state index contributed by atoms with van der Waals surface area (Å²) in [7, 11) is 0. The summed E-state index contributed by atoms with van der Waals surface area (Å²) in [5.41, 5.74) is -6.36. The van der Waals surface area contributed by atoms with E-state index >= 15 is 0 Å². The van der Waals surface area contributed by atoms with Crippen LogP contribution in [-0.2, 0) is 4.74 Å². The molecule has 1 N–H and O–H groups in total. The molecule has 0 heterocycles. The molecule has 0 aromatic heterocycles. The first-order valence-electron chi connectivity index (χ1n) is 6.95. The van der Waals surface area contributed by atoms with Crippen molar-refractivity contribution in [1.29, 1.82) is 10.5 Å². The van der Waals surface area contributed by atoms with Crippen LogP contribution in [0.1, 0.15) is 29.2 Å². The van der Waals surface area contributed by atoms with Crippen molar-refractivity contribution in [3.8, 4) is 12.1 Å². The number of aliphatic hydroxyl groups is 1. The SMILES string of the molecule is N#Cc1cc(C#N)cc(C(O)CC(OCI)C(F)(C(F)(F)F)C(F)(F)F)c1. The number of nitriles is 2. The minimum absolute atomic E-state index is 0.160. The zero-order chi connectivity index (χ0) is 21.0. The monoisotopic (exact) mass is 510 g/mol. The lowest BCUT2D eigenvalue weighted by Gasteiger charge is -2.36. The van der Waals surface area contributed by atoms with Crippen LogP contribution >= 0.6 is 22.6 Å². The largest absolute Gasteiger partial charge is 0.434 e. The van der Waals surface area contributed by atoms with Crippen LogP contribution in [0.3, 0.4) is 0 Å². The van der Waals surface area contributed by atoms with Gasteiger partial charge in [0, 0.05) is 6.42 Å². The zero-order valence-corrected chi connectivity index (χ0v) is 15.2. The van der Waals surface area contributed by atoms with Crippen molar-refractivity contribution in [2.45, 2.75) is 36.7 Å². The highest BCUT2D eigenvalue weighted by atomic mass is 127. The van der Waals surface area contributed by atoms with E-state index in [-0.39, 0.29) is 16.7 Å². The van der Waals surface area contributed by atoms with Gasteiger partial charge in [0.15, 0.2) is 0 Å². The Balaban J connectivity index is 3.35. The van der Waals surface area contributed by atoms with E-state index < -0.39 is 41.3 Å². The lowest BCUT2D eigenvalue weighted by molar-refractivity contribution is -0.368. The second-order valence-electron chi connectivity index (χ2n) is 5.29. The summed E-state index contributed by atoms with van der Waals surface area (Å²) in [5.74, 6) is 0. The van der Waals surface area contributed by atoms with Crippen LogP contribution < -0.4 is 0 Å². The Morgan fingerprint density at radius 1 is 0.963 bits per heavy atom. The van der Waals surface area contributed by atoms with Gasteiger partial charge in [-0.05, 0) is 23.8 Å². The predicted molar refractivity (Wildman–Crippen MR) is 85.2 cm³/mol.